The van der Waals surface area contributed by atoms with Crippen molar-refractivity contribution in [3.63, 3.8) is 0 Å². The van der Waals surface area contributed by atoms with Gasteiger partial charge in [0.25, 0.3) is 0 Å². The summed E-state index contributed by atoms with van der Waals surface area (Å²) in [7, 11) is 0. The van der Waals surface area contributed by atoms with Crippen molar-refractivity contribution in [2.75, 3.05) is 6.54 Å². The van der Waals surface area contributed by atoms with E-state index in [2.05, 4.69) is 15.9 Å². The van der Waals surface area contributed by atoms with Gasteiger partial charge in [-0.1, -0.05) is 28.1 Å². The fourth-order valence-corrected chi connectivity index (χ4v) is 1.65. The molecule has 18 heavy (non-hydrogen) atoms. The fraction of sp³-hybridized carbons (Fsp3) is 0.250. The van der Waals surface area contributed by atoms with Crippen molar-refractivity contribution >= 4 is 33.7 Å². The smallest absolute Gasteiger partial charge is 0.323 e. The average Bonchev–Trinajstić information content (AvgIpc) is 2.28. The summed E-state index contributed by atoms with van der Waals surface area (Å²) in [4.78, 5) is 34.3. The van der Waals surface area contributed by atoms with Gasteiger partial charge in [-0.2, -0.15) is 0 Å². The number of carbonyl (C=O) groups is 3. The zero-order valence-electron chi connectivity index (χ0n) is 9.72. The Hall–Kier alpha value is -1.69. The van der Waals surface area contributed by atoms with E-state index in [1.165, 1.54) is 6.92 Å². The fourth-order valence-electron chi connectivity index (χ4n) is 1.38. The number of carboxylic acids is 1. The largest absolute Gasteiger partial charge is 0.480 e. The third-order valence-corrected chi connectivity index (χ3v) is 2.77. The highest BCUT2D eigenvalue weighted by Crippen LogP contribution is 2.11. The van der Waals surface area contributed by atoms with Crippen LogP contribution in [0, 0.1) is 0 Å². The Bertz CT molecular complexity index is 469. The molecule has 0 heterocycles. The number of amides is 2. The second kappa shape index (κ2) is 6.30. The van der Waals surface area contributed by atoms with Gasteiger partial charge in [-0.05, 0) is 17.7 Å². The van der Waals surface area contributed by atoms with Gasteiger partial charge in [0.05, 0.1) is 6.42 Å². The van der Waals surface area contributed by atoms with Gasteiger partial charge in [-0.3, -0.25) is 19.3 Å². The Morgan fingerprint density at radius 2 is 1.78 bits per heavy atom. The Balaban J connectivity index is 2.75. The van der Waals surface area contributed by atoms with E-state index in [1.807, 2.05) is 0 Å². The Morgan fingerprint density at radius 1 is 1.22 bits per heavy atom. The summed E-state index contributed by atoms with van der Waals surface area (Å²) in [6.45, 7) is 0.563. The van der Waals surface area contributed by atoms with E-state index in [0.29, 0.717) is 0 Å². The van der Waals surface area contributed by atoms with E-state index in [0.717, 1.165) is 14.9 Å². The maximum Gasteiger partial charge on any atom is 0.323 e. The number of aliphatic carboxylic acids is 1. The molecule has 5 nitrogen and oxygen atoms in total. The van der Waals surface area contributed by atoms with Crippen LogP contribution in [0.5, 0.6) is 0 Å². The molecule has 96 valence electrons. The normalized spacial score (nSPS) is 9.89. The van der Waals surface area contributed by atoms with Crippen LogP contribution < -0.4 is 0 Å². The Kier molecular flexibility index (Phi) is 5.03. The Labute approximate surface area is 113 Å². The minimum atomic E-state index is -1.21. The van der Waals surface area contributed by atoms with Crippen LogP contribution in [0.25, 0.3) is 0 Å². The number of hydrogen-bond acceptors (Lipinski definition) is 3. The van der Waals surface area contributed by atoms with Crippen molar-refractivity contribution in [3.05, 3.63) is 34.3 Å². The van der Waals surface area contributed by atoms with Crippen LogP contribution in [0.2, 0.25) is 0 Å². The molecule has 0 fully saturated rings. The van der Waals surface area contributed by atoms with Crippen LogP contribution in [0.3, 0.4) is 0 Å². The topological polar surface area (TPSA) is 74.7 Å². The molecule has 1 N–H and O–H groups in total. The number of imide groups is 1. The standard InChI is InChI=1S/C12H12BrNO4/c1-8(15)14(7-12(17)18)11(16)6-9-2-4-10(13)5-3-9/h2-5H,6-7H2,1H3,(H,17,18). The zero-order chi connectivity index (χ0) is 13.7. The highest BCUT2D eigenvalue weighted by Gasteiger charge is 2.20. The van der Waals surface area contributed by atoms with Crippen LogP contribution in [-0.2, 0) is 20.8 Å². The number of benzene rings is 1. The molecule has 1 rings (SSSR count). The van der Waals surface area contributed by atoms with Gasteiger partial charge in [0.15, 0.2) is 0 Å². The first-order valence-corrected chi connectivity index (χ1v) is 5.96. The first-order valence-electron chi connectivity index (χ1n) is 5.17. The van der Waals surface area contributed by atoms with Gasteiger partial charge in [-0.15, -0.1) is 0 Å². The lowest BCUT2D eigenvalue weighted by Gasteiger charge is -2.16. The van der Waals surface area contributed by atoms with Crippen LogP contribution in [0.15, 0.2) is 28.7 Å². The SMILES string of the molecule is CC(=O)N(CC(=O)O)C(=O)Cc1ccc(Br)cc1. The quantitative estimate of drug-likeness (QED) is 0.913. The number of carbonyl (C=O) groups excluding carboxylic acids is 2. The minimum absolute atomic E-state index is 0.000139. The molecule has 0 aliphatic carbocycles. The molecular formula is C12H12BrNO4. The third-order valence-electron chi connectivity index (χ3n) is 2.24. The number of carboxylic acid groups (broad SMARTS) is 1. The Morgan fingerprint density at radius 3 is 2.22 bits per heavy atom. The molecule has 0 saturated heterocycles. The van der Waals surface area contributed by atoms with Crippen molar-refractivity contribution in [1.82, 2.24) is 4.90 Å². The van der Waals surface area contributed by atoms with Gasteiger partial charge < -0.3 is 5.11 Å². The summed E-state index contributed by atoms with van der Waals surface area (Å²) in [5, 5.41) is 8.63. The summed E-state index contributed by atoms with van der Waals surface area (Å²) in [6.07, 6.45) is 0.000139. The lowest BCUT2D eigenvalue weighted by molar-refractivity contribution is -0.151. The molecule has 1 aromatic carbocycles. The molecule has 0 aliphatic rings. The molecule has 0 saturated carbocycles. The summed E-state index contributed by atoms with van der Waals surface area (Å²) >= 11 is 3.27. The lowest BCUT2D eigenvalue weighted by atomic mass is 10.1. The molecular weight excluding hydrogens is 302 g/mol. The van der Waals surface area contributed by atoms with Crippen molar-refractivity contribution in [2.24, 2.45) is 0 Å². The van der Waals surface area contributed by atoms with E-state index >= 15 is 0 Å². The van der Waals surface area contributed by atoms with Crippen molar-refractivity contribution in [1.29, 1.82) is 0 Å². The van der Waals surface area contributed by atoms with E-state index in [-0.39, 0.29) is 6.42 Å². The molecule has 0 radical (unpaired) electrons. The maximum atomic E-state index is 11.8. The van der Waals surface area contributed by atoms with Crippen LogP contribution >= 0.6 is 15.9 Å². The maximum absolute atomic E-state index is 11.8. The number of nitrogens with zero attached hydrogens (tertiary/aromatic N) is 1. The number of hydrogen-bond donors (Lipinski definition) is 1. The van der Waals surface area contributed by atoms with Crippen molar-refractivity contribution in [2.45, 2.75) is 13.3 Å². The molecule has 0 aliphatic heterocycles. The van der Waals surface area contributed by atoms with Gasteiger partial charge in [0.2, 0.25) is 11.8 Å². The highest BCUT2D eigenvalue weighted by atomic mass is 79.9. The van der Waals surface area contributed by atoms with E-state index in [1.54, 1.807) is 24.3 Å². The summed E-state index contributed by atoms with van der Waals surface area (Å²) < 4.78 is 0.882. The van der Waals surface area contributed by atoms with Crippen LogP contribution in [0.4, 0.5) is 0 Å². The summed E-state index contributed by atoms with van der Waals surface area (Å²) in [5.41, 5.74) is 0.722. The molecule has 0 atom stereocenters. The van der Waals surface area contributed by atoms with Crippen LogP contribution in [-0.4, -0.2) is 34.3 Å². The minimum Gasteiger partial charge on any atom is -0.480 e. The van der Waals surface area contributed by atoms with Crippen molar-refractivity contribution < 1.29 is 19.5 Å². The van der Waals surface area contributed by atoms with Crippen molar-refractivity contribution in [3.8, 4) is 0 Å². The van der Waals surface area contributed by atoms with Gasteiger partial charge in [0, 0.05) is 11.4 Å². The van der Waals surface area contributed by atoms with Gasteiger partial charge >= 0.3 is 5.97 Å². The van der Waals surface area contributed by atoms with E-state index in [4.69, 9.17) is 5.11 Å². The zero-order valence-corrected chi connectivity index (χ0v) is 11.3. The second-order valence-corrected chi connectivity index (χ2v) is 4.61. The van der Waals surface area contributed by atoms with Crippen LogP contribution in [0.1, 0.15) is 12.5 Å². The first kappa shape index (κ1) is 14.4. The number of rotatable bonds is 4. The summed E-state index contributed by atoms with van der Waals surface area (Å²) in [6, 6.07) is 7.03. The molecule has 6 heteroatoms. The second-order valence-electron chi connectivity index (χ2n) is 3.70. The first-order chi connectivity index (χ1) is 8.40. The molecule has 2 amide bonds. The monoisotopic (exact) mass is 313 g/mol. The lowest BCUT2D eigenvalue weighted by Crippen LogP contribution is -2.40. The van der Waals surface area contributed by atoms with E-state index < -0.39 is 24.3 Å². The molecule has 0 aromatic heterocycles. The predicted octanol–water partition coefficient (Wildman–Crippen LogP) is 1.45. The molecule has 0 spiro atoms. The number of halogens is 1. The summed E-state index contributed by atoms with van der Waals surface area (Å²) in [5.74, 6) is -2.30. The molecule has 1 aromatic rings. The van der Waals surface area contributed by atoms with E-state index in [9.17, 15) is 14.4 Å². The van der Waals surface area contributed by atoms with Gasteiger partial charge in [0.1, 0.15) is 6.54 Å². The predicted molar refractivity (Wildman–Crippen MR) is 67.9 cm³/mol. The highest BCUT2D eigenvalue weighted by molar-refractivity contribution is 9.10. The average molecular weight is 314 g/mol. The molecule has 0 unspecified atom stereocenters. The molecule has 0 bridgehead atoms. The van der Waals surface area contributed by atoms with Gasteiger partial charge in [-0.25, -0.2) is 0 Å². The third kappa shape index (κ3) is 4.29.